The summed E-state index contributed by atoms with van der Waals surface area (Å²) in [6.45, 7) is 5.53. The minimum Gasteiger partial charge on any atom is -0.444 e. The first-order valence-electron chi connectivity index (χ1n) is 9.50. The van der Waals surface area contributed by atoms with Crippen LogP contribution in [0.15, 0.2) is 24.4 Å². The molecule has 1 atom stereocenters. The van der Waals surface area contributed by atoms with E-state index in [1.165, 1.54) is 16.0 Å². The molecule has 2 N–H and O–H groups in total. The van der Waals surface area contributed by atoms with E-state index in [2.05, 4.69) is 10.2 Å². The number of aliphatic hydroxyl groups is 1. The van der Waals surface area contributed by atoms with Crippen molar-refractivity contribution in [3.63, 3.8) is 0 Å². The van der Waals surface area contributed by atoms with Gasteiger partial charge in [-0.3, -0.25) is 14.8 Å². The first kappa shape index (κ1) is 22.0. The average Bonchev–Trinajstić information content (AvgIpc) is 3.11. The highest BCUT2D eigenvalue weighted by Crippen LogP contribution is 2.32. The fourth-order valence-corrected chi connectivity index (χ4v) is 3.60. The number of aromatic amines is 1. The van der Waals surface area contributed by atoms with Crippen LogP contribution in [0.3, 0.4) is 0 Å². The van der Waals surface area contributed by atoms with Crippen molar-refractivity contribution in [2.24, 2.45) is 0 Å². The van der Waals surface area contributed by atoms with E-state index in [9.17, 15) is 19.1 Å². The minimum absolute atomic E-state index is 0.109. The van der Waals surface area contributed by atoms with Crippen LogP contribution < -0.4 is 0 Å². The number of hydrogen-bond donors (Lipinski definition) is 2. The Morgan fingerprint density at radius 2 is 2.07 bits per heavy atom. The molecule has 0 bridgehead atoms. The van der Waals surface area contributed by atoms with Crippen molar-refractivity contribution in [1.29, 1.82) is 0 Å². The highest BCUT2D eigenvalue weighted by molar-refractivity contribution is 6.36. The number of rotatable bonds is 3. The second kappa shape index (κ2) is 8.61. The maximum absolute atomic E-state index is 13.9. The highest BCUT2D eigenvalue weighted by Gasteiger charge is 2.35. The van der Waals surface area contributed by atoms with Crippen molar-refractivity contribution >= 4 is 23.6 Å². The molecule has 0 saturated carbocycles. The van der Waals surface area contributed by atoms with Crippen LogP contribution in [0, 0.1) is 5.95 Å². The van der Waals surface area contributed by atoms with Crippen molar-refractivity contribution in [3.05, 3.63) is 40.9 Å². The maximum Gasteiger partial charge on any atom is 0.410 e. The molecule has 1 aromatic heterocycles. The molecule has 1 aliphatic heterocycles. The monoisotopic (exact) mass is 438 g/mol. The summed E-state index contributed by atoms with van der Waals surface area (Å²) in [6.07, 6.45) is 0.829. The summed E-state index contributed by atoms with van der Waals surface area (Å²) < 4.78 is 19.2. The number of carbonyl (C=O) groups is 2. The van der Waals surface area contributed by atoms with E-state index in [-0.39, 0.29) is 48.3 Å². The Kier molecular flexibility index (Phi) is 6.33. The fourth-order valence-electron chi connectivity index (χ4n) is 3.29. The molecule has 2 heterocycles. The molecule has 162 valence electrons. The van der Waals surface area contributed by atoms with Gasteiger partial charge in [-0.1, -0.05) is 23.7 Å². The van der Waals surface area contributed by atoms with Gasteiger partial charge in [-0.25, -0.2) is 4.79 Å². The summed E-state index contributed by atoms with van der Waals surface area (Å²) in [4.78, 5) is 28.5. The van der Waals surface area contributed by atoms with Gasteiger partial charge in [-0.15, -0.1) is 5.10 Å². The molecule has 30 heavy (non-hydrogen) atoms. The highest BCUT2D eigenvalue weighted by atomic mass is 35.5. The Morgan fingerprint density at radius 1 is 1.33 bits per heavy atom. The molecular formula is C20H24ClFN4O4. The number of benzene rings is 1. The number of amides is 2. The van der Waals surface area contributed by atoms with Crippen LogP contribution in [0.5, 0.6) is 0 Å². The summed E-state index contributed by atoms with van der Waals surface area (Å²) in [6, 6.07) is 4.16. The number of carbonyl (C=O) groups excluding carboxylic acids is 2. The number of ether oxygens (including phenoxy) is 1. The van der Waals surface area contributed by atoms with Gasteiger partial charge in [0.1, 0.15) is 5.60 Å². The molecule has 1 aromatic carbocycles. The van der Waals surface area contributed by atoms with Gasteiger partial charge in [0.05, 0.1) is 28.8 Å². The number of hydrogen-bond acceptors (Lipinski definition) is 5. The van der Waals surface area contributed by atoms with Crippen molar-refractivity contribution in [3.8, 4) is 11.1 Å². The van der Waals surface area contributed by atoms with Crippen LogP contribution >= 0.6 is 11.6 Å². The Balaban J connectivity index is 1.79. The van der Waals surface area contributed by atoms with Crippen molar-refractivity contribution in [1.82, 2.24) is 20.0 Å². The van der Waals surface area contributed by atoms with Crippen molar-refractivity contribution in [2.75, 3.05) is 26.2 Å². The summed E-state index contributed by atoms with van der Waals surface area (Å²) in [5.41, 5.74) is 0.0510. The smallest absolute Gasteiger partial charge is 0.410 e. The zero-order chi connectivity index (χ0) is 22.1. The number of halogens is 2. The molecular weight excluding hydrogens is 415 g/mol. The summed E-state index contributed by atoms with van der Waals surface area (Å²) in [5, 5.41) is 15.7. The summed E-state index contributed by atoms with van der Waals surface area (Å²) >= 11 is 6.42. The fraction of sp³-hybridized carbons (Fsp3) is 0.450. The number of aliphatic hydroxyl groups excluding tert-OH is 1. The Morgan fingerprint density at radius 3 is 2.67 bits per heavy atom. The first-order valence-corrected chi connectivity index (χ1v) is 9.88. The van der Waals surface area contributed by atoms with E-state index in [4.69, 9.17) is 16.3 Å². The van der Waals surface area contributed by atoms with Gasteiger partial charge in [0.15, 0.2) is 0 Å². The normalized spacial score (nSPS) is 17.2. The number of nitrogens with zero attached hydrogens (tertiary/aromatic N) is 3. The molecule has 2 amide bonds. The van der Waals surface area contributed by atoms with E-state index in [0.29, 0.717) is 5.56 Å². The van der Waals surface area contributed by atoms with E-state index in [0.717, 1.165) is 0 Å². The van der Waals surface area contributed by atoms with Gasteiger partial charge in [-0.05, 0) is 26.8 Å². The summed E-state index contributed by atoms with van der Waals surface area (Å²) in [5.74, 6) is -1.08. The van der Waals surface area contributed by atoms with Crippen LogP contribution in [0.1, 0.15) is 31.1 Å². The van der Waals surface area contributed by atoms with Crippen LogP contribution in [0.25, 0.3) is 11.1 Å². The molecule has 1 aliphatic rings. The maximum atomic E-state index is 13.9. The van der Waals surface area contributed by atoms with Gasteiger partial charge < -0.3 is 14.7 Å². The van der Waals surface area contributed by atoms with Gasteiger partial charge in [0, 0.05) is 31.4 Å². The molecule has 2 aromatic rings. The summed E-state index contributed by atoms with van der Waals surface area (Å²) in [7, 11) is 0. The first-order chi connectivity index (χ1) is 14.1. The van der Waals surface area contributed by atoms with Crippen molar-refractivity contribution < 1.29 is 23.8 Å². The molecule has 0 aliphatic carbocycles. The number of piperazine rings is 1. The van der Waals surface area contributed by atoms with Gasteiger partial charge in [0.2, 0.25) is 5.95 Å². The molecule has 0 unspecified atom stereocenters. The van der Waals surface area contributed by atoms with E-state index < -0.39 is 23.7 Å². The van der Waals surface area contributed by atoms with Gasteiger partial charge in [0.25, 0.3) is 5.91 Å². The van der Waals surface area contributed by atoms with E-state index >= 15 is 0 Å². The number of nitrogens with one attached hydrogen (secondary N) is 1. The standard InChI is InChI=1S/C20H24ClFN4O4/c1-20(2,3)30-19(29)26-8-7-25(10-12(26)11-27)18(28)14-6-4-5-13(16(14)21)15-9-23-24-17(15)22/h4-6,9,12,27H,7-8,10-11H2,1-3H3,(H,23,24)/t12-/m0/s1. The lowest BCUT2D eigenvalue weighted by molar-refractivity contribution is -0.00984. The molecule has 0 radical (unpaired) electrons. The lowest BCUT2D eigenvalue weighted by Gasteiger charge is -2.41. The van der Waals surface area contributed by atoms with E-state index in [1.807, 2.05) is 0 Å². The predicted octanol–water partition coefficient (Wildman–Crippen LogP) is 2.92. The van der Waals surface area contributed by atoms with Gasteiger partial charge in [-0.2, -0.15) is 4.39 Å². The third-order valence-electron chi connectivity index (χ3n) is 4.72. The second-order valence-corrected chi connectivity index (χ2v) is 8.40. The van der Waals surface area contributed by atoms with Crippen LogP contribution in [0.2, 0.25) is 5.02 Å². The Bertz CT molecular complexity index is 943. The Labute approximate surface area is 178 Å². The quantitative estimate of drug-likeness (QED) is 0.767. The Hall–Kier alpha value is -2.65. The van der Waals surface area contributed by atoms with Crippen LogP contribution in [-0.2, 0) is 4.74 Å². The zero-order valence-electron chi connectivity index (χ0n) is 17.0. The molecule has 0 spiro atoms. The predicted molar refractivity (Wildman–Crippen MR) is 109 cm³/mol. The lowest BCUT2D eigenvalue weighted by atomic mass is 10.0. The third-order valence-corrected chi connectivity index (χ3v) is 5.13. The molecule has 3 rings (SSSR count). The minimum atomic E-state index is -0.715. The molecule has 8 nitrogen and oxygen atoms in total. The van der Waals surface area contributed by atoms with Crippen LogP contribution in [-0.4, -0.2) is 75.0 Å². The molecule has 10 heteroatoms. The zero-order valence-corrected chi connectivity index (χ0v) is 17.7. The molecule has 1 saturated heterocycles. The van der Waals surface area contributed by atoms with Gasteiger partial charge >= 0.3 is 6.09 Å². The topological polar surface area (TPSA) is 98.8 Å². The average molecular weight is 439 g/mol. The number of aromatic nitrogens is 2. The largest absolute Gasteiger partial charge is 0.444 e. The molecule has 1 fully saturated rings. The number of H-pyrrole nitrogens is 1. The SMILES string of the molecule is CC(C)(C)OC(=O)N1CCN(C(=O)c2cccc(-c3c[nH]nc3F)c2Cl)C[C@H]1CO. The van der Waals surface area contributed by atoms with Crippen LogP contribution in [0.4, 0.5) is 9.18 Å². The van der Waals surface area contributed by atoms with E-state index in [1.54, 1.807) is 39.0 Å². The lowest BCUT2D eigenvalue weighted by Crippen LogP contribution is -2.58. The third kappa shape index (κ3) is 4.57. The second-order valence-electron chi connectivity index (χ2n) is 8.02. The van der Waals surface area contributed by atoms with Crippen molar-refractivity contribution in [2.45, 2.75) is 32.4 Å².